The molecule has 0 aliphatic carbocycles. The maximum atomic E-state index is 5.46. The Kier molecular flexibility index (Phi) is 5.33. The SMILES string of the molecule is C=CCOc1ccc(CN[C@@H](C)c2cccnc2)cc1. The van der Waals surface area contributed by atoms with Gasteiger partial charge in [0.05, 0.1) is 0 Å². The minimum absolute atomic E-state index is 0.278. The maximum Gasteiger partial charge on any atom is 0.119 e. The van der Waals surface area contributed by atoms with Gasteiger partial charge in [0.15, 0.2) is 0 Å². The lowest BCUT2D eigenvalue weighted by atomic mass is 10.1. The molecule has 3 heteroatoms. The van der Waals surface area contributed by atoms with E-state index in [-0.39, 0.29) is 6.04 Å². The van der Waals surface area contributed by atoms with Gasteiger partial charge in [0.2, 0.25) is 0 Å². The predicted molar refractivity (Wildman–Crippen MR) is 81.6 cm³/mol. The highest BCUT2D eigenvalue weighted by Gasteiger charge is 2.04. The van der Waals surface area contributed by atoms with Crippen molar-refractivity contribution in [2.45, 2.75) is 19.5 Å². The van der Waals surface area contributed by atoms with Crippen LogP contribution in [0.2, 0.25) is 0 Å². The van der Waals surface area contributed by atoms with Gasteiger partial charge in [-0.25, -0.2) is 0 Å². The quantitative estimate of drug-likeness (QED) is 0.780. The lowest BCUT2D eigenvalue weighted by Crippen LogP contribution is -2.18. The van der Waals surface area contributed by atoms with Crippen molar-refractivity contribution >= 4 is 0 Å². The fraction of sp³-hybridized carbons (Fsp3) is 0.235. The average molecular weight is 268 g/mol. The first-order valence-electron chi connectivity index (χ1n) is 6.75. The molecule has 0 radical (unpaired) electrons. The van der Waals surface area contributed by atoms with E-state index in [2.05, 4.69) is 42.0 Å². The molecule has 0 spiro atoms. The highest BCUT2D eigenvalue weighted by molar-refractivity contribution is 5.27. The van der Waals surface area contributed by atoms with Gasteiger partial charge in [0, 0.05) is 25.0 Å². The van der Waals surface area contributed by atoms with E-state index in [0.717, 1.165) is 12.3 Å². The third-order valence-corrected chi connectivity index (χ3v) is 3.09. The molecule has 0 aliphatic rings. The molecular weight excluding hydrogens is 248 g/mol. The smallest absolute Gasteiger partial charge is 0.119 e. The molecule has 1 atom stereocenters. The fourth-order valence-electron chi connectivity index (χ4n) is 1.88. The third kappa shape index (κ3) is 4.21. The number of benzene rings is 1. The van der Waals surface area contributed by atoms with Crippen LogP contribution in [0.4, 0.5) is 0 Å². The van der Waals surface area contributed by atoms with E-state index in [1.54, 1.807) is 12.3 Å². The summed E-state index contributed by atoms with van der Waals surface area (Å²) in [6.45, 7) is 7.12. The van der Waals surface area contributed by atoms with Crippen LogP contribution in [0.15, 0.2) is 61.4 Å². The van der Waals surface area contributed by atoms with E-state index in [1.807, 2.05) is 24.4 Å². The van der Waals surface area contributed by atoms with Crippen LogP contribution in [0.5, 0.6) is 5.75 Å². The third-order valence-electron chi connectivity index (χ3n) is 3.09. The number of nitrogens with zero attached hydrogens (tertiary/aromatic N) is 1. The Bertz CT molecular complexity index is 522. The molecule has 2 rings (SSSR count). The van der Waals surface area contributed by atoms with Crippen LogP contribution in [0.3, 0.4) is 0 Å². The second-order valence-corrected chi connectivity index (χ2v) is 4.63. The molecule has 3 nitrogen and oxygen atoms in total. The number of hydrogen-bond acceptors (Lipinski definition) is 3. The molecule has 1 N–H and O–H groups in total. The van der Waals surface area contributed by atoms with Crippen LogP contribution in [-0.4, -0.2) is 11.6 Å². The summed E-state index contributed by atoms with van der Waals surface area (Å²) in [5, 5.41) is 3.48. The number of aromatic nitrogens is 1. The Morgan fingerprint density at radius 3 is 2.75 bits per heavy atom. The average Bonchev–Trinajstić information content (AvgIpc) is 2.52. The van der Waals surface area contributed by atoms with Crippen LogP contribution in [0.25, 0.3) is 0 Å². The number of hydrogen-bond donors (Lipinski definition) is 1. The Morgan fingerprint density at radius 2 is 2.10 bits per heavy atom. The van der Waals surface area contributed by atoms with Crippen LogP contribution >= 0.6 is 0 Å². The van der Waals surface area contributed by atoms with Crippen molar-refractivity contribution in [3.63, 3.8) is 0 Å². The lowest BCUT2D eigenvalue weighted by Gasteiger charge is -2.14. The minimum atomic E-state index is 0.278. The van der Waals surface area contributed by atoms with Gasteiger partial charge in [0.1, 0.15) is 12.4 Å². The summed E-state index contributed by atoms with van der Waals surface area (Å²) in [5.41, 5.74) is 2.42. The van der Waals surface area contributed by atoms with Gasteiger partial charge in [-0.3, -0.25) is 4.98 Å². The van der Waals surface area contributed by atoms with Crippen LogP contribution in [-0.2, 0) is 6.54 Å². The molecule has 1 aromatic heterocycles. The summed E-state index contributed by atoms with van der Waals surface area (Å²) >= 11 is 0. The summed E-state index contributed by atoms with van der Waals surface area (Å²) < 4.78 is 5.46. The molecule has 1 heterocycles. The summed E-state index contributed by atoms with van der Waals surface area (Å²) in [6, 6.07) is 12.4. The van der Waals surface area contributed by atoms with Gasteiger partial charge < -0.3 is 10.1 Å². The fourth-order valence-corrected chi connectivity index (χ4v) is 1.88. The number of ether oxygens (including phenoxy) is 1. The van der Waals surface area contributed by atoms with Crippen LogP contribution in [0.1, 0.15) is 24.1 Å². The van der Waals surface area contributed by atoms with Crippen LogP contribution in [0, 0.1) is 0 Å². The molecule has 0 saturated heterocycles. The van der Waals surface area contributed by atoms with Gasteiger partial charge in [0.25, 0.3) is 0 Å². The molecule has 0 fully saturated rings. The van der Waals surface area contributed by atoms with Gasteiger partial charge in [-0.15, -0.1) is 0 Å². The van der Waals surface area contributed by atoms with Gasteiger partial charge >= 0.3 is 0 Å². The highest BCUT2D eigenvalue weighted by atomic mass is 16.5. The molecule has 0 saturated carbocycles. The van der Waals surface area contributed by atoms with Gasteiger partial charge in [-0.05, 0) is 36.2 Å². The van der Waals surface area contributed by atoms with Crippen molar-refractivity contribution in [2.24, 2.45) is 0 Å². The molecule has 2 aromatic rings. The minimum Gasteiger partial charge on any atom is -0.490 e. The molecule has 20 heavy (non-hydrogen) atoms. The second kappa shape index (κ2) is 7.46. The number of pyridine rings is 1. The van der Waals surface area contributed by atoms with Crippen molar-refractivity contribution in [3.8, 4) is 5.75 Å². The molecule has 0 aliphatic heterocycles. The normalized spacial score (nSPS) is 11.8. The first kappa shape index (κ1) is 14.3. The highest BCUT2D eigenvalue weighted by Crippen LogP contribution is 2.14. The molecule has 104 valence electrons. The Hall–Kier alpha value is -2.13. The molecule has 0 bridgehead atoms. The predicted octanol–water partition coefficient (Wildman–Crippen LogP) is 3.50. The molecule has 0 amide bonds. The zero-order valence-electron chi connectivity index (χ0n) is 11.8. The van der Waals surface area contributed by atoms with E-state index in [4.69, 9.17) is 4.74 Å². The first-order chi connectivity index (χ1) is 9.79. The molecular formula is C17H20N2O. The molecule has 1 aromatic carbocycles. The van der Waals surface area contributed by atoms with E-state index >= 15 is 0 Å². The summed E-state index contributed by atoms with van der Waals surface area (Å²) in [4.78, 5) is 4.14. The van der Waals surface area contributed by atoms with Gasteiger partial charge in [-0.2, -0.15) is 0 Å². The number of nitrogens with one attached hydrogen (secondary N) is 1. The zero-order chi connectivity index (χ0) is 14.2. The zero-order valence-corrected chi connectivity index (χ0v) is 11.8. The van der Waals surface area contributed by atoms with E-state index in [1.165, 1.54) is 11.1 Å². The molecule has 0 unspecified atom stereocenters. The summed E-state index contributed by atoms with van der Waals surface area (Å²) in [5.74, 6) is 0.869. The largest absolute Gasteiger partial charge is 0.490 e. The first-order valence-corrected chi connectivity index (χ1v) is 6.75. The van der Waals surface area contributed by atoms with Crippen molar-refractivity contribution in [1.29, 1.82) is 0 Å². The van der Waals surface area contributed by atoms with E-state index < -0.39 is 0 Å². The van der Waals surface area contributed by atoms with Crippen molar-refractivity contribution in [2.75, 3.05) is 6.61 Å². The monoisotopic (exact) mass is 268 g/mol. The van der Waals surface area contributed by atoms with E-state index in [0.29, 0.717) is 6.61 Å². The van der Waals surface area contributed by atoms with Gasteiger partial charge in [-0.1, -0.05) is 30.9 Å². The summed E-state index contributed by atoms with van der Waals surface area (Å²) in [6.07, 6.45) is 5.42. The van der Waals surface area contributed by atoms with E-state index in [9.17, 15) is 0 Å². The Balaban J connectivity index is 1.86. The lowest BCUT2D eigenvalue weighted by molar-refractivity contribution is 0.363. The summed E-state index contributed by atoms with van der Waals surface area (Å²) in [7, 11) is 0. The number of rotatable bonds is 7. The standard InChI is InChI=1S/C17H20N2O/c1-3-11-20-17-8-6-15(7-9-17)12-19-14(2)16-5-4-10-18-13-16/h3-10,13-14,19H,1,11-12H2,2H3/t14-/m0/s1. The topological polar surface area (TPSA) is 34.1 Å². The van der Waals surface area contributed by atoms with Crippen molar-refractivity contribution in [3.05, 3.63) is 72.6 Å². The second-order valence-electron chi connectivity index (χ2n) is 4.63. The maximum absolute atomic E-state index is 5.46. The van der Waals surface area contributed by atoms with Crippen molar-refractivity contribution < 1.29 is 4.74 Å². The van der Waals surface area contributed by atoms with Crippen LogP contribution < -0.4 is 10.1 Å². The Labute approximate surface area is 120 Å². The Morgan fingerprint density at radius 1 is 1.30 bits per heavy atom. The van der Waals surface area contributed by atoms with Crippen molar-refractivity contribution in [1.82, 2.24) is 10.3 Å².